The normalized spacial score (nSPS) is 15.4. The molecule has 0 radical (unpaired) electrons. The highest BCUT2D eigenvalue weighted by Gasteiger charge is 2.23. The van der Waals surface area contributed by atoms with E-state index in [4.69, 9.17) is 25.4 Å². The molecule has 1 fully saturated rings. The van der Waals surface area contributed by atoms with Gasteiger partial charge in [0.15, 0.2) is 5.84 Å². The summed E-state index contributed by atoms with van der Waals surface area (Å²) in [7, 11) is 4.18. The number of nitrogens with two attached hydrogens (primary N) is 1. The number of aromatic nitrogens is 1. The Bertz CT molecular complexity index is 1150. The van der Waals surface area contributed by atoms with Crippen LogP contribution in [-0.4, -0.2) is 36.4 Å². The number of ether oxygens (including phenoxy) is 2. The van der Waals surface area contributed by atoms with Gasteiger partial charge in [-0.05, 0) is 67.8 Å². The van der Waals surface area contributed by atoms with Crippen molar-refractivity contribution >= 4 is 22.2 Å². The predicted molar refractivity (Wildman–Crippen MR) is 151 cm³/mol. The minimum atomic E-state index is -0.421. The fourth-order valence-corrected chi connectivity index (χ4v) is 5.79. The predicted octanol–water partition coefficient (Wildman–Crippen LogP) is 6.99. The van der Waals surface area contributed by atoms with Crippen LogP contribution in [0.5, 0.6) is 11.5 Å². The van der Waals surface area contributed by atoms with Crippen LogP contribution in [0, 0.1) is 0 Å². The molecule has 1 atom stereocenters. The number of unbranched alkanes of at least 4 members (excludes halogenated alkanes) is 1. The van der Waals surface area contributed by atoms with Crippen LogP contribution in [-0.2, 0) is 0 Å². The van der Waals surface area contributed by atoms with Crippen LogP contribution < -0.4 is 20.1 Å². The summed E-state index contributed by atoms with van der Waals surface area (Å²) >= 11 is 1.83. The Morgan fingerprint density at radius 3 is 2.24 bits per heavy atom. The van der Waals surface area contributed by atoms with Crippen LogP contribution in [0.2, 0.25) is 0 Å². The van der Waals surface area contributed by atoms with Gasteiger partial charge < -0.3 is 25.3 Å². The number of oxime groups is 1. The molecule has 1 aromatic heterocycles. The third kappa shape index (κ3) is 6.95. The molecule has 2 aromatic carbocycles. The summed E-state index contributed by atoms with van der Waals surface area (Å²) in [6.45, 7) is 2.15. The lowest BCUT2D eigenvalue weighted by Gasteiger charge is -2.21. The van der Waals surface area contributed by atoms with Crippen molar-refractivity contribution in [2.75, 3.05) is 19.0 Å². The average Bonchev–Trinajstić information content (AvgIpc) is 3.39. The highest BCUT2D eigenvalue weighted by molar-refractivity contribution is 7.16. The van der Waals surface area contributed by atoms with Gasteiger partial charge in [-0.2, -0.15) is 0 Å². The maximum atomic E-state index is 8.87. The Balaban J connectivity index is 1.48. The minimum absolute atomic E-state index is 0.0637. The van der Waals surface area contributed by atoms with Gasteiger partial charge in [0.05, 0.1) is 5.01 Å². The van der Waals surface area contributed by atoms with Gasteiger partial charge in [0.2, 0.25) is 6.29 Å². The fourth-order valence-electron chi connectivity index (χ4n) is 4.61. The first-order chi connectivity index (χ1) is 18.0. The summed E-state index contributed by atoms with van der Waals surface area (Å²) in [6, 6.07) is 15.3. The van der Waals surface area contributed by atoms with Gasteiger partial charge in [-0.1, -0.05) is 37.8 Å². The number of rotatable bonds is 11. The number of thiazole rings is 1. The Labute approximate surface area is 223 Å². The molecule has 1 heterocycles. The zero-order chi connectivity index (χ0) is 26.2. The summed E-state index contributed by atoms with van der Waals surface area (Å²) in [4.78, 5) is 7.29. The molecule has 1 aliphatic rings. The lowest BCUT2D eigenvalue weighted by molar-refractivity contribution is -0.00211. The number of nitrogens with zero attached hydrogens (tertiary/aromatic N) is 3. The first-order valence-electron chi connectivity index (χ1n) is 13.2. The Hall–Kier alpha value is -3.26. The second kappa shape index (κ2) is 12.8. The van der Waals surface area contributed by atoms with E-state index in [1.54, 1.807) is 24.3 Å². The Morgan fingerprint density at radius 1 is 1.05 bits per heavy atom. The van der Waals surface area contributed by atoms with E-state index in [1.165, 1.54) is 42.1 Å². The van der Waals surface area contributed by atoms with Crippen LogP contribution in [0.1, 0.15) is 74.8 Å². The van der Waals surface area contributed by atoms with Crippen LogP contribution in [0.25, 0.3) is 11.3 Å². The van der Waals surface area contributed by atoms with E-state index in [0.717, 1.165) is 36.3 Å². The molecule has 3 aromatic rings. The SMILES string of the molecule is CCCCC(Oc1ccc(C(N)=NO)cc1)Oc1ccc(-c2nc(C3CCCCC3)sc2N(C)C)cc1. The Kier molecular flexibility index (Phi) is 9.28. The molecule has 0 bridgehead atoms. The topological polar surface area (TPSA) is 93.2 Å². The second-order valence-electron chi connectivity index (χ2n) is 9.78. The van der Waals surface area contributed by atoms with Crippen LogP contribution in [0.4, 0.5) is 5.00 Å². The third-order valence-electron chi connectivity index (χ3n) is 6.70. The maximum absolute atomic E-state index is 8.87. The molecular formula is C29H38N4O3S. The number of amidine groups is 1. The highest BCUT2D eigenvalue weighted by atomic mass is 32.1. The molecule has 7 nitrogen and oxygen atoms in total. The standard InChI is InChI=1S/C29H38N4O3S/c1-4-5-11-25(36-24-18-14-21(15-19-24)27(30)32-34)35-23-16-12-20(13-17-23)26-29(33(2)3)37-28(31-26)22-9-7-6-8-10-22/h12-19,22,25,34H,4-11H2,1-3H3,(H2,30,32). The first kappa shape index (κ1) is 26.8. The Morgan fingerprint density at radius 2 is 1.68 bits per heavy atom. The van der Waals surface area contributed by atoms with Crippen molar-refractivity contribution in [2.45, 2.75) is 70.5 Å². The van der Waals surface area contributed by atoms with Crippen molar-refractivity contribution in [3.63, 3.8) is 0 Å². The van der Waals surface area contributed by atoms with E-state index in [1.807, 2.05) is 23.5 Å². The van der Waals surface area contributed by atoms with Gasteiger partial charge in [0.25, 0.3) is 0 Å². The van der Waals surface area contributed by atoms with E-state index in [0.29, 0.717) is 17.2 Å². The summed E-state index contributed by atoms with van der Waals surface area (Å²) in [5, 5.41) is 14.4. The molecule has 4 rings (SSSR count). The van der Waals surface area contributed by atoms with E-state index < -0.39 is 6.29 Å². The summed E-state index contributed by atoms with van der Waals surface area (Å²) in [5.41, 5.74) is 8.43. The molecule has 1 aliphatic carbocycles. The monoisotopic (exact) mass is 522 g/mol. The van der Waals surface area contributed by atoms with Gasteiger partial charge in [-0.15, -0.1) is 11.3 Å². The molecule has 198 valence electrons. The summed E-state index contributed by atoms with van der Waals surface area (Å²) in [6.07, 6.45) is 8.83. The second-order valence-corrected chi connectivity index (χ2v) is 10.8. The van der Waals surface area contributed by atoms with Crippen molar-refractivity contribution in [3.05, 3.63) is 59.1 Å². The molecule has 0 amide bonds. The molecular weight excluding hydrogens is 484 g/mol. The molecule has 0 aliphatic heterocycles. The molecule has 37 heavy (non-hydrogen) atoms. The van der Waals surface area contributed by atoms with Gasteiger partial charge in [-0.3, -0.25) is 0 Å². The van der Waals surface area contributed by atoms with Gasteiger partial charge in [0, 0.05) is 37.6 Å². The minimum Gasteiger partial charge on any atom is -0.455 e. The average molecular weight is 523 g/mol. The van der Waals surface area contributed by atoms with Crippen molar-refractivity contribution in [1.82, 2.24) is 4.98 Å². The quantitative estimate of drug-likeness (QED) is 0.0926. The molecule has 1 unspecified atom stereocenters. The summed E-state index contributed by atoms with van der Waals surface area (Å²) in [5.74, 6) is 2.08. The third-order valence-corrected chi connectivity index (χ3v) is 8.09. The van der Waals surface area contributed by atoms with Crippen molar-refractivity contribution in [1.29, 1.82) is 0 Å². The lowest BCUT2D eigenvalue weighted by atomic mass is 9.90. The smallest absolute Gasteiger partial charge is 0.241 e. The van der Waals surface area contributed by atoms with Gasteiger partial charge >= 0.3 is 0 Å². The van der Waals surface area contributed by atoms with Crippen LogP contribution in [0.15, 0.2) is 53.7 Å². The van der Waals surface area contributed by atoms with Crippen LogP contribution >= 0.6 is 11.3 Å². The molecule has 1 saturated carbocycles. The van der Waals surface area contributed by atoms with E-state index in [2.05, 4.69) is 43.2 Å². The van der Waals surface area contributed by atoms with E-state index in [9.17, 15) is 0 Å². The number of hydrogen-bond acceptors (Lipinski definition) is 7. The number of hydrogen-bond donors (Lipinski definition) is 2. The van der Waals surface area contributed by atoms with Crippen molar-refractivity contribution in [3.8, 4) is 22.8 Å². The van der Waals surface area contributed by atoms with Gasteiger partial charge in [-0.25, -0.2) is 4.98 Å². The number of anilines is 1. The number of benzene rings is 2. The zero-order valence-electron chi connectivity index (χ0n) is 22.0. The van der Waals surface area contributed by atoms with Gasteiger partial charge in [0.1, 0.15) is 22.2 Å². The largest absolute Gasteiger partial charge is 0.455 e. The fraction of sp³-hybridized carbons (Fsp3) is 0.448. The van der Waals surface area contributed by atoms with Crippen molar-refractivity contribution in [2.24, 2.45) is 10.9 Å². The zero-order valence-corrected chi connectivity index (χ0v) is 22.8. The van der Waals surface area contributed by atoms with Crippen molar-refractivity contribution < 1.29 is 14.7 Å². The van der Waals surface area contributed by atoms with Crippen LogP contribution in [0.3, 0.4) is 0 Å². The molecule has 8 heteroatoms. The van der Waals surface area contributed by atoms with E-state index in [-0.39, 0.29) is 5.84 Å². The first-order valence-corrected chi connectivity index (χ1v) is 14.0. The molecule has 3 N–H and O–H groups in total. The highest BCUT2D eigenvalue weighted by Crippen LogP contribution is 2.42. The van der Waals surface area contributed by atoms with E-state index >= 15 is 0 Å². The lowest BCUT2D eigenvalue weighted by Crippen LogP contribution is -2.24. The molecule has 0 spiro atoms. The summed E-state index contributed by atoms with van der Waals surface area (Å²) < 4.78 is 12.4. The maximum Gasteiger partial charge on any atom is 0.241 e. The molecule has 0 saturated heterocycles.